The molecular formula is C25H35FN6O2. The fourth-order valence-electron chi connectivity index (χ4n) is 6.94. The molecule has 0 atom stereocenters. The number of nitrogens with two attached hydrogens (primary N) is 1. The number of carbonyl (C=O) groups is 1. The summed E-state index contributed by atoms with van der Waals surface area (Å²) < 4.78 is 23.0. The van der Waals surface area contributed by atoms with Gasteiger partial charge in [0.05, 0.1) is 16.8 Å². The molecule has 2 spiro atoms. The Balaban J connectivity index is 1.11. The van der Waals surface area contributed by atoms with Crippen LogP contribution in [0.15, 0.2) is 12.1 Å². The van der Waals surface area contributed by atoms with E-state index in [0.717, 1.165) is 38.3 Å². The number of primary amides is 1. The molecule has 1 aliphatic carbocycles. The molecule has 1 aromatic heterocycles. The van der Waals surface area contributed by atoms with Crippen molar-refractivity contribution in [3.8, 4) is 0 Å². The van der Waals surface area contributed by atoms with E-state index in [1.165, 1.54) is 49.5 Å². The lowest BCUT2D eigenvalue weighted by Crippen LogP contribution is -2.67. The Hall–Kier alpha value is -2.39. The molecule has 4 aliphatic rings. The number of rotatable bonds is 4. The average Bonchev–Trinajstić information content (AvgIpc) is 3.33. The molecule has 6 rings (SSSR count). The van der Waals surface area contributed by atoms with E-state index >= 15 is 4.39 Å². The summed E-state index contributed by atoms with van der Waals surface area (Å²) in [6, 6.07) is 3.45. The van der Waals surface area contributed by atoms with Crippen LogP contribution in [0, 0.1) is 11.2 Å². The number of halogens is 1. The number of anilines is 2. The summed E-state index contributed by atoms with van der Waals surface area (Å²) >= 11 is 0. The van der Waals surface area contributed by atoms with Gasteiger partial charge in [-0.3, -0.25) is 9.58 Å². The molecule has 1 saturated carbocycles. The summed E-state index contributed by atoms with van der Waals surface area (Å²) in [5.74, 6) is 0.136. The molecule has 3 aliphatic heterocycles. The number of urea groups is 1. The smallest absolute Gasteiger partial charge is 0.320 e. The topological polar surface area (TPSA) is 79.9 Å². The van der Waals surface area contributed by atoms with Gasteiger partial charge in [-0.25, -0.2) is 9.18 Å². The molecule has 0 radical (unpaired) electrons. The highest BCUT2D eigenvalue weighted by atomic mass is 19.1. The highest BCUT2D eigenvalue weighted by Crippen LogP contribution is 2.53. The predicted octanol–water partition coefficient (Wildman–Crippen LogP) is 3.23. The lowest BCUT2D eigenvalue weighted by molar-refractivity contribution is -0.0825. The van der Waals surface area contributed by atoms with E-state index in [0.29, 0.717) is 34.9 Å². The minimum absolute atomic E-state index is 0.179. The zero-order chi connectivity index (χ0) is 23.7. The summed E-state index contributed by atoms with van der Waals surface area (Å²) in [4.78, 5) is 18.0. The van der Waals surface area contributed by atoms with Gasteiger partial charge in [0.1, 0.15) is 5.82 Å². The maximum Gasteiger partial charge on any atom is 0.320 e. The van der Waals surface area contributed by atoms with Crippen molar-refractivity contribution in [3.63, 3.8) is 0 Å². The molecule has 184 valence electrons. The van der Waals surface area contributed by atoms with Crippen molar-refractivity contribution in [1.82, 2.24) is 14.7 Å². The quantitative estimate of drug-likeness (QED) is 0.742. The molecule has 2 amide bonds. The zero-order valence-corrected chi connectivity index (χ0v) is 20.2. The minimum atomic E-state index is -0.587. The summed E-state index contributed by atoms with van der Waals surface area (Å²) in [6.45, 7) is 7.25. The Labute approximate surface area is 199 Å². The molecule has 2 N–H and O–H groups in total. The summed E-state index contributed by atoms with van der Waals surface area (Å²) in [5.41, 5.74) is 7.43. The van der Waals surface area contributed by atoms with Gasteiger partial charge in [0.15, 0.2) is 5.82 Å². The average molecular weight is 471 g/mol. The van der Waals surface area contributed by atoms with E-state index in [9.17, 15) is 4.79 Å². The van der Waals surface area contributed by atoms with E-state index < -0.39 is 6.03 Å². The number of ether oxygens (including phenoxy) is 1. The standard InChI is InChI=1S/C25H35FN6O2/c1-3-32(23(27)33)22-18-11-19(26)21(12-20(18)29(2)28-22)31-15-24(16-31)13-17(14-24)30-8-6-25(7-9-30)5-4-10-34-25/h11-12,17H,3-10,13-16H2,1-2H3,(H2,27,33). The van der Waals surface area contributed by atoms with Gasteiger partial charge in [-0.15, -0.1) is 0 Å². The van der Waals surface area contributed by atoms with Crippen LogP contribution in [0.2, 0.25) is 0 Å². The number of aromatic nitrogens is 2. The van der Waals surface area contributed by atoms with Crippen molar-refractivity contribution in [1.29, 1.82) is 0 Å². The molecule has 9 heteroatoms. The molecule has 8 nitrogen and oxygen atoms in total. The highest BCUT2D eigenvalue weighted by Gasteiger charge is 2.55. The van der Waals surface area contributed by atoms with Crippen molar-refractivity contribution in [2.24, 2.45) is 18.2 Å². The maximum atomic E-state index is 15.2. The predicted molar refractivity (Wildman–Crippen MR) is 130 cm³/mol. The van der Waals surface area contributed by atoms with Crippen molar-refractivity contribution in [2.45, 2.75) is 57.1 Å². The first-order valence-corrected chi connectivity index (χ1v) is 12.7. The molecule has 34 heavy (non-hydrogen) atoms. The van der Waals surface area contributed by atoms with Gasteiger partial charge in [0, 0.05) is 63.2 Å². The number of likely N-dealkylation sites (tertiary alicyclic amines) is 1. The van der Waals surface area contributed by atoms with Crippen LogP contribution in [0.4, 0.5) is 20.7 Å². The van der Waals surface area contributed by atoms with E-state index in [4.69, 9.17) is 10.5 Å². The Morgan fingerprint density at radius 3 is 2.62 bits per heavy atom. The van der Waals surface area contributed by atoms with Gasteiger partial charge in [0.25, 0.3) is 0 Å². The molecule has 1 aromatic carbocycles. The van der Waals surface area contributed by atoms with E-state index in [2.05, 4.69) is 14.9 Å². The van der Waals surface area contributed by atoms with Crippen LogP contribution in [-0.4, -0.2) is 71.7 Å². The second kappa shape index (κ2) is 7.81. The first-order valence-electron chi connectivity index (χ1n) is 12.7. The third kappa shape index (κ3) is 3.39. The second-order valence-electron chi connectivity index (χ2n) is 10.9. The normalized spacial score (nSPS) is 24.0. The summed E-state index contributed by atoms with van der Waals surface area (Å²) in [6.07, 6.45) is 7.21. The van der Waals surface area contributed by atoms with Crippen molar-refractivity contribution in [3.05, 3.63) is 17.9 Å². The lowest BCUT2D eigenvalue weighted by Gasteiger charge is -2.62. The second-order valence-corrected chi connectivity index (χ2v) is 10.9. The molecule has 0 bridgehead atoms. The van der Waals surface area contributed by atoms with Crippen LogP contribution in [0.1, 0.15) is 45.4 Å². The zero-order valence-electron chi connectivity index (χ0n) is 20.2. The maximum absolute atomic E-state index is 15.2. The third-order valence-electron chi connectivity index (χ3n) is 8.88. The van der Waals surface area contributed by atoms with Crippen molar-refractivity contribution in [2.75, 3.05) is 49.1 Å². The number of carbonyl (C=O) groups excluding carboxylic acids is 1. The van der Waals surface area contributed by atoms with Gasteiger partial charge in [-0.2, -0.15) is 5.10 Å². The van der Waals surface area contributed by atoms with Crippen LogP contribution >= 0.6 is 0 Å². The van der Waals surface area contributed by atoms with Crippen molar-refractivity contribution < 1.29 is 13.9 Å². The summed E-state index contributed by atoms with van der Waals surface area (Å²) in [5, 5.41) is 5.06. The number of piperidine rings is 1. The first-order chi connectivity index (χ1) is 16.3. The number of hydrogen-bond acceptors (Lipinski definition) is 5. The molecule has 2 aromatic rings. The number of aryl methyl sites for hydroxylation is 1. The monoisotopic (exact) mass is 470 g/mol. The molecule has 0 unspecified atom stereocenters. The third-order valence-corrected chi connectivity index (χ3v) is 8.88. The lowest BCUT2D eigenvalue weighted by atomic mass is 9.60. The molecule has 4 heterocycles. The van der Waals surface area contributed by atoms with E-state index in [-0.39, 0.29) is 11.4 Å². The Kier molecular flexibility index (Phi) is 5.08. The van der Waals surface area contributed by atoms with Crippen LogP contribution in [0.3, 0.4) is 0 Å². The Morgan fingerprint density at radius 1 is 1.26 bits per heavy atom. The van der Waals surface area contributed by atoms with Gasteiger partial charge in [-0.1, -0.05) is 0 Å². The highest BCUT2D eigenvalue weighted by molar-refractivity contribution is 6.01. The van der Waals surface area contributed by atoms with Gasteiger partial charge in [-0.05, 0) is 57.6 Å². The Morgan fingerprint density at radius 2 is 2.00 bits per heavy atom. The molecular weight excluding hydrogens is 435 g/mol. The van der Waals surface area contributed by atoms with E-state index in [1.807, 2.05) is 20.0 Å². The number of fused-ring (bicyclic) bond motifs is 1. The van der Waals surface area contributed by atoms with Crippen LogP contribution in [0.25, 0.3) is 10.9 Å². The van der Waals surface area contributed by atoms with Gasteiger partial charge in [0.2, 0.25) is 0 Å². The van der Waals surface area contributed by atoms with E-state index in [1.54, 1.807) is 4.68 Å². The largest absolute Gasteiger partial charge is 0.375 e. The number of nitrogens with zero attached hydrogens (tertiary/aromatic N) is 5. The SMILES string of the molecule is CCN(C(N)=O)c1nn(C)c2cc(N3CC4(CC(N5CCC6(CCCO6)CC5)C4)C3)c(F)cc12. The molecule has 4 fully saturated rings. The number of benzene rings is 1. The molecule has 3 saturated heterocycles. The number of hydrogen-bond donors (Lipinski definition) is 1. The Bertz CT molecular complexity index is 1100. The van der Waals surface area contributed by atoms with Crippen molar-refractivity contribution >= 4 is 28.4 Å². The fourth-order valence-corrected chi connectivity index (χ4v) is 6.94. The van der Waals surface area contributed by atoms with Gasteiger partial charge < -0.3 is 20.3 Å². The van der Waals surface area contributed by atoms with Crippen LogP contribution in [-0.2, 0) is 11.8 Å². The fraction of sp³-hybridized carbons (Fsp3) is 0.680. The number of amides is 2. The minimum Gasteiger partial charge on any atom is -0.375 e. The van der Waals surface area contributed by atoms with Crippen LogP contribution in [0.5, 0.6) is 0 Å². The van der Waals surface area contributed by atoms with Gasteiger partial charge >= 0.3 is 6.03 Å². The summed E-state index contributed by atoms with van der Waals surface area (Å²) in [7, 11) is 1.82. The first kappa shape index (κ1) is 22.1. The van der Waals surface area contributed by atoms with Crippen LogP contribution < -0.4 is 15.5 Å².